The molecule has 0 unspecified atom stereocenters. The molecule has 0 radical (unpaired) electrons. The van der Waals surface area contributed by atoms with E-state index < -0.39 is 0 Å². The zero-order chi connectivity index (χ0) is 13.8. The molecule has 20 heavy (non-hydrogen) atoms. The molecular weight excluding hydrogens is 250 g/mol. The lowest BCUT2D eigenvalue weighted by Gasteiger charge is -2.33. The Bertz CT molecular complexity index is 417. The van der Waals surface area contributed by atoms with E-state index in [1.165, 1.54) is 31.4 Å². The molecule has 4 nitrogen and oxygen atoms in total. The minimum atomic E-state index is 0.395. The summed E-state index contributed by atoms with van der Waals surface area (Å²) in [5.74, 6) is 0. The summed E-state index contributed by atoms with van der Waals surface area (Å²) in [6.07, 6.45) is 9.80. The summed E-state index contributed by atoms with van der Waals surface area (Å²) in [6.45, 7) is 6.13. The molecule has 2 fully saturated rings. The molecule has 0 atom stereocenters. The van der Waals surface area contributed by atoms with Crippen LogP contribution in [-0.4, -0.2) is 29.5 Å². The fourth-order valence-electron chi connectivity index (χ4n) is 3.38. The van der Waals surface area contributed by atoms with Crippen molar-refractivity contribution in [2.45, 2.75) is 58.0 Å². The summed E-state index contributed by atoms with van der Waals surface area (Å²) < 4.78 is 7.63. The second-order valence-corrected chi connectivity index (χ2v) is 6.75. The van der Waals surface area contributed by atoms with Gasteiger partial charge >= 0.3 is 0 Å². The molecular formula is C16H27N3O. The van der Waals surface area contributed by atoms with E-state index in [1.54, 1.807) is 0 Å². The highest BCUT2D eigenvalue weighted by atomic mass is 16.5. The van der Waals surface area contributed by atoms with Crippen LogP contribution in [0.4, 0.5) is 0 Å². The largest absolute Gasteiger partial charge is 0.381 e. The molecule has 1 aliphatic carbocycles. The van der Waals surface area contributed by atoms with Crippen LogP contribution in [0.3, 0.4) is 0 Å². The smallest absolute Gasteiger partial charge is 0.0762 e. The van der Waals surface area contributed by atoms with E-state index in [0.717, 1.165) is 39.1 Å². The van der Waals surface area contributed by atoms with Crippen LogP contribution >= 0.6 is 0 Å². The number of nitrogens with zero attached hydrogens (tertiary/aromatic N) is 2. The maximum Gasteiger partial charge on any atom is 0.0762 e. The number of rotatable bonds is 5. The second kappa shape index (κ2) is 6.27. The molecule has 2 heterocycles. The van der Waals surface area contributed by atoms with Crippen LogP contribution in [0, 0.1) is 5.41 Å². The van der Waals surface area contributed by atoms with Crippen molar-refractivity contribution in [2.24, 2.45) is 5.41 Å². The third kappa shape index (κ3) is 3.41. The van der Waals surface area contributed by atoms with Crippen LogP contribution in [0.1, 0.15) is 57.2 Å². The van der Waals surface area contributed by atoms with Crippen LogP contribution in [0.5, 0.6) is 0 Å². The second-order valence-electron chi connectivity index (χ2n) is 6.75. The van der Waals surface area contributed by atoms with E-state index in [2.05, 4.69) is 29.2 Å². The van der Waals surface area contributed by atoms with Crippen molar-refractivity contribution >= 4 is 0 Å². The molecule has 1 aromatic rings. The Labute approximate surface area is 121 Å². The van der Waals surface area contributed by atoms with Gasteiger partial charge in [0, 0.05) is 32.5 Å². The van der Waals surface area contributed by atoms with Gasteiger partial charge in [0.15, 0.2) is 0 Å². The standard InChI is InChI=1S/C16H27N3O/c1-16(7-10-20-11-8-16)13-17-12-14-6-9-19(18-14)15-4-2-3-5-15/h6,9,15,17H,2-5,7-8,10-13H2,1H3. The average molecular weight is 277 g/mol. The Balaban J connectivity index is 1.46. The minimum Gasteiger partial charge on any atom is -0.381 e. The van der Waals surface area contributed by atoms with Gasteiger partial charge < -0.3 is 10.1 Å². The van der Waals surface area contributed by atoms with E-state index in [-0.39, 0.29) is 0 Å². The van der Waals surface area contributed by atoms with E-state index in [4.69, 9.17) is 9.84 Å². The van der Waals surface area contributed by atoms with Gasteiger partial charge in [0.25, 0.3) is 0 Å². The Kier molecular flexibility index (Phi) is 4.41. The summed E-state index contributed by atoms with van der Waals surface area (Å²) in [5, 5.41) is 8.31. The van der Waals surface area contributed by atoms with Crippen molar-refractivity contribution in [1.82, 2.24) is 15.1 Å². The van der Waals surface area contributed by atoms with Gasteiger partial charge in [0.2, 0.25) is 0 Å². The summed E-state index contributed by atoms with van der Waals surface area (Å²) in [7, 11) is 0. The minimum absolute atomic E-state index is 0.395. The summed E-state index contributed by atoms with van der Waals surface area (Å²) in [6, 6.07) is 2.81. The average Bonchev–Trinajstić information content (AvgIpc) is 3.09. The molecule has 3 rings (SSSR count). The first kappa shape index (κ1) is 14.1. The highest BCUT2D eigenvalue weighted by molar-refractivity contribution is 5.00. The zero-order valence-corrected chi connectivity index (χ0v) is 12.6. The van der Waals surface area contributed by atoms with E-state index in [1.807, 2.05) is 0 Å². The van der Waals surface area contributed by atoms with Gasteiger partial charge in [0.1, 0.15) is 0 Å². The van der Waals surface area contributed by atoms with Gasteiger partial charge in [-0.05, 0) is 37.2 Å². The maximum atomic E-state index is 5.45. The highest BCUT2D eigenvalue weighted by Gasteiger charge is 2.26. The van der Waals surface area contributed by atoms with Crippen molar-refractivity contribution in [1.29, 1.82) is 0 Å². The normalized spacial score (nSPS) is 23.2. The summed E-state index contributed by atoms with van der Waals surface area (Å²) >= 11 is 0. The predicted octanol–water partition coefficient (Wildman–Crippen LogP) is 2.90. The molecule has 2 aliphatic rings. The van der Waals surface area contributed by atoms with Gasteiger partial charge in [0.05, 0.1) is 11.7 Å². The van der Waals surface area contributed by atoms with Crippen LogP contribution in [0.15, 0.2) is 12.3 Å². The van der Waals surface area contributed by atoms with Crippen molar-refractivity contribution in [3.8, 4) is 0 Å². The van der Waals surface area contributed by atoms with Crippen molar-refractivity contribution in [2.75, 3.05) is 19.8 Å². The summed E-state index contributed by atoms with van der Waals surface area (Å²) in [4.78, 5) is 0. The molecule has 112 valence electrons. The molecule has 1 aromatic heterocycles. The molecule has 0 aromatic carbocycles. The molecule has 0 bridgehead atoms. The topological polar surface area (TPSA) is 39.1 Å². The van der Waals surface area contributed by atoms with Gasteiger partial charge in [-0.1, -0.05) is 19.8 Å². The van der Waals surface area contributed by atoms with Crippen LogP contribution < -0.4 is 5.32 Å². The quantitative estimate of drug-likeness (QED) is 0.899. The SMILES string of the molecule is CC1(CNCc2ccn(C3CCCC3)n2)CCOCC1. The van der Waals surface area contributed by atoms with Gasteiger partial charge in [-0.25, -0.2) is 0 Å². The van der Waals surface area contributed by atoms with Crippen molar-refractivity contribution < 1.29 is 4.74 Å². The Hall–Kier alpha value is -0.870. The van der Waals surface area contributed by atoms with Crippen LogP contribution in [0.25, 0.3) is 0 Å². The zero-order valence-electron chi connectivity index (χ0n) is 12.6. The first-order valence-corrected chi connectivity index (χ1v) is 8.08. The number of nitrogens with one attached hydrogen (secondary N) is 1. The fourth-order valence-corrected chi connectivity index (χ4v) is 3.38. The van der Waals surface area contributed by atoms with Crippen LogP contribution in [-0.2, 0) is 11.3 Å². The maximum absolute atomic E-state index is 5.45. The van der Waals surface area contributed by atoms with Gasteiger partial charge in [-0.15, -0.1) is 0 Å². The van der Waals surface area contributed by atoms with Crippen molar-refractivity contribution in [3.05, 3.63) is 18.0 Å². The Morgan fingerprint density at radius 1 is 1.35 bits per heavy atom. The lowest BCUT2D eigenvalue weighted by atomic mass is 9.82. The van der Waals surface area contributed by atoms with E-state index in [9.17, 15) is 0 Å². The number of hydrogen-bond donors (Lipinski definition) is 1. The lowest BCUT2D eigenvalue weighted by Crippen LogP contribution is -2.36. The van der Waals surface area contributed by atoms with E-state index >= 15 is 0 Å². The van der Waals surface area contributed by atoms with E-state index in [0.29, 0.717) is 11.5 Å². The number of hydrogen-bond acceptors (Lipinski definition) is 3. The molecule has 1 saturated heterocycles. The Morgan fingerprint density at radius 2 is 2.10 bits per heavy atom. The fraction of sp³-hybridized carbons (Fsp3) is 0.812. The van der Waals surface area contributed by atoms with Crippen LogP contribution in [0.2, 0.25) is 0 Å². The molecule has 1 saturated carbocycles. The number of aromatic nitrogens is 2. The first-order valence-electron chi connectivity index (χ1n) is 8.08. The third-order valence-corrected chi connectivity index (χ3v) is 4.92. The van der Waals surface area contributed by atoms with Gasteiger partial charge in [-0.2, -0.15) is 5.10 Å². The predicted molar refractivity (Wildman–Crippen MR) is 79.6 cm³/mol. The highest BCUT2D eigenvalue weighted by Crippen LogP contribution is 2.29. The molecule has 0 amide bonds. The molecule has 0 spiro atoms. The van der Waals surface area contributed by atoms with Gasteiger partial charge in [-0.3, -0.25) is 4.68 Å². The number of ether oxygens (including phenoxy) is 1. The molecule has 1 aliphatic heterocycles. The van der Waals surface area contributed by atoms with Crippen molar-refractivity contribution in [3.63, 3.8) is 0 Å². The third-order valence-electron chi connectivity index (χ3n) is 4.92. The Morgan fingerprint density at radius 3 is 2.85 bits per heavy atom. The monoisotopic (exact) mass is 277 g/mol. The summed E-state index contributed by atoms with van der Waals surface area (Å²) in [5.41, 5.74) is 1.57. The lowest BCUT2D eigenvalue weighted by molar-refractivity contribution is 0.0239. The molecule has 1 N–H and O–H groups in total. The first-order chi connectivity index (χ1) is 9.75. The molecule has 4 heteroatoms.